The number of benzene rings is 2. The number of hydrogen-bond donors (Lipinski definition) is 2. The van der Waals surface area contributed by atoms with Gasteiger partial charge in [-0.25, -0.2) is 26.6 Å². The fourth-order valence-electron chi connectivity index (χ4n) is 3.54. The molecule has 2 N–H and O–H groups in total. The number of fused-ring (bicyclic) bond motifs is 1. The number of rotatable bonds is 5. The third-order valence-electron chi connectivity index (χ3n) is 5.06. The van der Waals surface area contributed by atoms with E-state index in [2.05, 4.69) is 15.3 Å². The highest BCUT2D eigenvalue weighted by Crippen LogP contribution is 2.37. The van der Waals surface area contributed by atoms with Crippen LogP contribution in [0.15, 0.2) is 46.4 Å². The van der Waals surface area contributed by atoms with Gasteiger partial charge < -0.3 is 10.1 Å². The molecule has 0 unspecified atom stereocenters. The molecule has 0 saturated heterocycles. The number of nitrogens with one attached hydrogen (secondary N) is 2. The highest BCUT2D eigenvalue weighted by Gasteiger charge is 2.28. The molecule has 0 aliphatic carbocycles. The zero-order valence-corrected chi connectivity index (χ0v) is 19.7. The number of hydrogen-bond acceptors (Lipinski definition) is 6. The fourth-order valence-corrected chi connectivity index (χ4v) is 4.97. The van der Waals surface area contributed by atoms with Crippen molar-refractivity contribution in [3.63, 3.8) is 0 Å². The third-order valence-corrected chi connectivity index (χ3v) is 6.63. The largest absolute Gasteiger partial charge is 0.480 e. The Morgan fingerprint density at radius 2 is 1.83 bits per heavy atom. The van der Waals surface area contributed by atoms with Gasteiger partial charge in [0.2, 0.25) is 11.8 Å². The first kappa shape index (κ1) is 24.5. The van der Waals surface area contributed by atoms with Crippen LogP contribution in [-0.2, 0) is 21.4 Å². The van der Waals surface area contributed by atoms with Crippen molar-refractivity contribution in [1.29, 1.82) is 0 Å². The van der Waals surface area contributed by atoms with E-state index in [0.717, 1.165) is 30.5 Å². The van der Waals surface area contributed by atoms with Crippen molar-refractivity contribution < 1.29 is 31.1 Å². The second-order valence-electron chi connectivity index (χ2n) is 7.35. The first-order valence-electron chi connectivity index (χ1n) is 9.88. The van der Waals surface area contributed by atoms with E-state index >= 15 is 8.78 Å². The number of anilines is 1. The maximum atomic E-state index is 15.4. The van der Waals surface area contributed by atoms with Crippen molar-refractivity contribution in [2.45, 2.75) is 18.4 Å². The molecule has 0 radical (unpaired) electrons. The molecular formula is C22H16ClF3N4O4S. The fraction of sp³-hybridized carbons (Fsp3) is 0.136. The Hall–Kier alpha value is -3.64. The monoisotopic (exact) mass is 524 g/mol. The van der Waals surface area contributed by atoms with Gasteiger partial charge in [-0.3, -0.25) is 14.5 Å². The van der Waals surface area contributed by atoms with Crippen LogP contribution in [0.1, 0.15) is 18.1 Å². The molecule has 1 aliphatic rings. The zero-order chi connectivity index (χ0) is 25.5. The van der Waals surface area contributed by atoms with Gasteiger partial charge in [-0.05, 0) is 18.2 Å². The maximum Gasteiger partial charge on any atom is 0.267 e. The summed E-state index contributed by atoms with van der Waals surface area (Å²) in [6.45, 7) is 1.11. The van der Waals surface area contributed by atoms with Crippen molar-refractivity contribution in [1.82, 2.24) is 10.3 Å². The van der Waals surface area contributed by atoms with Gasteiger partial charge in [-0.1, -0.05) is 23.7 Å². The standard InChI is InChI=1S/C22H16ClF3N4O4S/c1-10(31)29-21-12-3-4-13(19(25)14(12)9-27-21)18-15(24)5-6-16(20(18)26)30-35(32,33)17-7-11(23)8-28-22(17)34-2/h3-8,30H,9H2,1-2H3,(H,27,29,31). The number of aromatic nitrogens is 1. The highest BCUT2D eigenvalue weighted by molar-refractivity contribution is 7.92. The van der Waals surface area contributed by atoms with E-state index in [9.17, 15) is 17.6 Å². The summed E-state index contributed by atoms with van der Waals surface area (Å²) < 4.78 is 78.1. The third kappa shape index (κ3) is 4.54. The zero-order valence-electron chi connectivity index (χ0n) is 18.1. The predicted octanol–water partition coefficient (Wildman–Crippen LogP) is 4.03. The Bertz CT molecular complexity index is 1510. The lowest BCUT2D eigenvalue weighted by Crippen LogP contribution is -2.27. The minimum absolute atomic E-state index is 0.0208. The van der Waals surface area contributed by atoms with E-state index < -0.39 is 55.1 Å². The number of carbonyl (C=O) groups excluding carboxylic acids is 1. The number of pyridine rings is 1. The minimum Gasteiger partial charge on any atom is -0.480 e. The van der Waals surface area contributed by atoms with Crippen LogP contribution in [0.3, 0.4) is 0 Å². The van der Waals surface area contributed by atoms with Crippen LogP contribution in [0.4, 0.5) is 18.9 Å². The molecule has 8 nitrogen and oxygen atoms in total. The molecule has 0 saturated carbocycles. The number of amidine groups is 1. The van der Waals surface area contributed by atoms with E-state index in [-0.39, 0.29) is 34.4 Å². The molecule has 1 amide bonds. The van der Waals surface area contributed by atoms with E-state index in [4.69, 9.17) is 16.3 Å². The van der Waals surface area contributed by atoms with Crippen molar-refractivity contribution in [2.24, 2.45) is 4.99 Å². The average molecular weight is 525 g/mol. The number of ether oxygens (including phenoxy) is 1. The van der Waals surface area contributed by atoms with Gasteiger partial charge in [0.1, 0.15) is 17.5 Å². The van der Waals surface area contributed by atoms with Crippen LogP contribution >= 0.6 is 11.6 Å². The average Bonchev–Trinajstić information content (AvgIpc) is 3.20. The van der Waals surface area contributed by atoms with E-state index in [0.29, 0.717) is 0 Å². The first-order chi connectivity index (χ1) is 16.5. The lowest BCUT2D eigenvalue weighted by Gasteiger charge is -2.15. The van der Waals surface area contributed by atoms with E-state index in [1.807, 2.05) is 4.72 Å². The van der Waals surface area contributed by atoms with Crippen LogP contribution in [0.25, 0.3) is 11.1 Å². The number of carbonyl (C=O) groups is 1. The van der Waals surface area contributed by atoms with Crippen LogP contribution in [-0.4, -0.2) is 32.3 Å². The van der Waals surface area contributed by atoms with E-state index in [1.54, 1.807) is 0 Å². The number of aliphatic imine (C=N–C) groups is 1. The molecule has 13 heteroatoms. The van der Waals surface area contributed by atoms with Crippen molar-refractivity contribution >= 4 is 39.1 Å². The lowest BCUT2D eigenvalue weighted by atomic mass is 9.97. The molecule has 2 aromatic carbocycles. The summed E-state index contributed by atoms with van der Waals surface area (Å²) in [6.07, 6.45) is 1.16. The Balaban J connectivity index is 1.77. The van der Waals surface area contributed by atoms with Crippen molar-refractivity contribution in [2.75, 3.05) is 11.8 Å². The van der Waals surface area contributed by atoms with Crippen molar-refractivity contribution in [3.05, 3.63) is 70.1 Å². The number of methoxy groups -OCH3 is 1. The molecule has 4 rings (SSSR count). The van der Waals surface area contributed by atoms with Crippen LogP contribution < -0.4 is 14.8 Å². The van der Waals surface area contributed by atoms with E-state index in [1.165, 1.54) is 20.1 Å². The topological polar surface area (TPSA) is 110 Å². The van der Waals surface area contributed by atoms with Gasteiger partial charge in [0, 0.05) is 29.8 Å². The minimum atomic E-state index is -4.49. The number of halogens is 4. The summed E-state index contributed by atoms with van der Waals surface area (Å²) in [5.74, 6) is -3.99. The van der Waals surface area contributed by atoms with Crippen LogP contribution in [0.5, 0.6) is 5.88 Å². The molecule has 1 aliphatic heterocycles. The van der Waals surface area contributed by atoms with Gasteiger partial charge in [-0.15, -0.1) is 0 Å². The molecule has 0 atom stereocenters. The molecule has 182 valence electrons. The molecule has 0 spiro atoms. The molecule has 1 aromatic heterocycles. The van der Waals surface area contributed by atoms with Crippen molar-refractivity contribution in [3.8, 4) is 17.0 Å². The SMILES string of the molecule is COc1ncc(Cl)cc1S(=O)(=O)Nc1ccc(F)c(-c2ccc3c(c2F)CN=C3NC(C)=O)c1F. The predicted molar refractivity (Wildman–Crippen MR) is 122 cm³/mol. The molecule has 0 fully saturated rings. The Morgan fingerprint density at radius 3 is 2.51 bits per heavy atom. The highest BCUT2D eigenvalue weighted by atomic mass is 35.5. The van der Waals surface area contributed by atoms with Gasteiger partial charge >= 0.3 is 0 Å². The second kappa shape index (κ2) is 9.19. The maximum absolute atomic E-state index is 15.4. The quantitative estimate of drug-likeness (QED) is 0.524. The number of sulfonamides is 1. The molecule has 2 heterocycles. The Labute approximate surface area is 202 Å². The molecular weight excluding hydrogens is 509 g/mol. The van der Waals surface area contributed by atoms with Gasteiger partial charge in [0.25, 0.3) is 10.0 Å². The van der Waals surface area contributed by atoms with Gasteiger partial charge in [-0.2, -0.15) is 0 Å². The van der Waals surface area contributed by atoms with Crippen LogP contribution in [0, 0.1) is 17.5 Å². The first-order valence-corrected chi connectivity index (χ1v) is 11.7. The number of amides is 1. The summed E-state index contributed by atoms with van der Waals surface area (Å²) in [5, 5.41) is 2.44. The lowest BCUT2D eigenvalue weighted by molar-refractivity contribution is -0.117. The molecule has 35 heavy (non-hydrogen) atoms. The Kier molecular flexibility index (Phi) is 6.43. The summed E-state index contributed by atoms with van der Waals surface area (Å²) in [6, 6.07) is 5.20. The number of nitrogens with zero attached hydrogens (tertiary/aromatic N) is 2. The summed E-state index contributed by atoms with van der Waals surface area (Å²) in [5.41, 5.74) is -1.56. The summed E-state index contributed by atoms with van der Waals surface area (Å²) >= 11 is 5.83. The van der Waals surface area contributed by atoms with Gasteiger partial charge in [0.15, 0.2) is 10.7 Å². The summed E-state index contributed by atoms with van der Waals surface area (Å²) in [7, 11) is -3.30. The molecule has 3 aromatic rings. The molecule has 0 bridgehead atoms. The smallest absolute Gasteiger partial charge is 0.267 e. The Morgan fingerprint density at radius 1 is 1.11 bits per heavy atom. The van der Waals surface area contributed by atoms with Crippen LogP contribution in [0.2, 0.25) is 5.02 Å². The summed E-state index contributed by atoms with van der Waals surface area (Å²) in [4.78, 5) is 18.6. The second-order valence-corrected chi connectivity index (χ2v) is 9.44. The van der Waals surface area contributed by atoms with Gasteiger partial charge in [0.05, 0.1) is 29.9 Å². The normalized spacial score (nSPS) is 12.7.